The summed E-state index contributed by atoms with van der Waals surface area (Å²) >= 11 is 8.97. The Hall–Kier alpha value is -0.235. The van der Waals surface area contributed by atoms with Gasteiger partial charge in [-0.05, 0) is 49.7 Å². The fourth-order valence-electron chi connectivity index (χ4n) is 1.94. The molecule has 8 heteroatoms. The smallest absolute Gasteiger partial charge is 0.399 e. The first-order valence-electron chi connectivity index (χ1n) is 6.27. The van der Waals surface area contributed by atoms with Crippen LogP contribution in [-0.2, 0) is 15.5 Å². The summed E-state index contributed by atoms with van der Waals surface area (Å²) in [6.07, 6.45) is -4.48. The van der Waals surface area contributed by atoms with Gasteiger partial charge >= 0.3 is 13.3 Å². The number of alkyl halides is 3. The number of hydrogen-bond acceptors (Lipinski definition) is 2. The first-order valence-corrected chi connectivity index (χ1v) is 7.44. The van der Waals surface area contributed by atoms with Crippen molar-refractivity contribution >= 4 is 40.1 Å². The molecule has 0 atom stereocenters. The van der Waals surface area contributed by atoms with E-state index in [0.29, 0.717) is 5.46 Å². The van der Waals surface area contributed by atoms with Gasteiger partial charge in [0.1, 0.15) is 0 Å². The van der Waals surface area contributed by atoms with E-state index in [4.69, 9.17) is 20.9 Å². The maximum absolute atomic E-state index is 12.8. The summed E-state index contributed by atoms with van der Waals surface area (Å²) in [5, 5.41) is -0.0525. The summed E-state index contributed by atoms with van der Waals surface area (Å²) < 4.78 is 49.9. The Labute approximate surface area is 135 Å². The second-order valence-corrected chi connectivity index (χ2v) is 7.09. The molecule has 21 heavy (non-hydrogen) atoms. The van der Waals surface area contributed by atoms with Crippen molar-refractivity contribution in [2.24, 2.45) is 0 Å². The molecule has 0 amide bonds. The lowest BCUT2D eigenvalue weighted by Crippen LogP contribution is -2.41. The van der Waals surface area contributed by atoms with Crippen LogP contribution in [0, 0.1) is 0 Å². The number of rotatable bonds is 1. The highest BCUT2D eigenvalue weighted by atomic mass is 79.9. The van der Waals surface area contributed by atoms with Gasteiger partial charge in [0.25, 0.3) is 0 Å². The van der Waals surface area contributed by atoms with Gasteiger partial charge in [-0.25, -0.2) is 0 Å². The minimum absolute atomic E-state index is 0.0525. The SMILES string of the molecule is CC1(C)OB(c2ccc(C(F)(F)F)c(Br)c2Cl)OC1(C)C. The Balaban J connectivity index is 2.43. The lowest BCUT2D eigenvalue weighted by atomic mass is 9.78. The highest BCUT2D eigenvalue weighted by molar-refractivity contribution is 9.10. The largest absolute Gasteiger partial charge is 0.496 e. The molecular formula is C13H14BBrClF3O2. The maximum Gasteiger partial charge on any atom is 0.496 e. The van der Waals surface area contributed by atoms with Crippen molar-refractivity contribution in [2.75, 3.05) is 0 Å². The second kappa shape index (κ2) is 5.15. The maximum atomic E-state index is 12.8. The van der Waals surface area contributed by atoms with Crippen molar-refractivity contribution in [2.45, 2.75) is 45.1 Å². The minimum atomic E-state index is -4.48. The van der Waals surface area contributed by atoms with Gasteiger partial charge in [0, 0.05) is 9.94 Å². The molecule has 0 bridgehead atoms. The first kappa shape index (κ1) is 17.1. The molecule has 0 saturated carbocycles. The van der Waals surface area contributed by atoms with E-state index >= 15 is 0 Å². The standard InChI is InChI=1S/C13H14BBrClF3O2/c1-11(2)12(3,4)21-14(20-11)8-6-5-7(13(17,18)19)9(15)10(8)16/h5-6H,1-4H3. The highest BCUT2D eigenvalue weighted by Gasteiger charge is 2.52. The van der Waals surface area contributed by atoms with E-state index in [9.17, 15) is 13.2 Å². The Bertz CT molecular complexity index is 559. The number of benzene rings is 1. The summed E-state index contributed by atoms with van der Waals surface area (Å²) in [7, 11) is -0.805. The Morgan fingerprint density at radius 2 is 1.57 bits per heavy atom. The van der Waals surface area contributed by atoms with E-state index in [2.05, 4.69) is 15.9 Å². The van der Waals surface area contributed by atoms with Crippen molar-refractivity contribution in [3.63, 3.8) is 0 Å². The Kier molecular flexibility index (Phi) is 4.20. The zero-order valence-corrected chi connectivity index (χ0v) is 14.3. The van der Waals surface area contributed by atoms with E-state index in [-0.39, 0.29) is 9.50 Å². The van der Waals surface area contributed by atoms with Crippen molar-refractivity contribution < 1.29 is 22.5 Å². The predicted molar refractivity (Wildman–Crippen MR) is 79.9 cm³/mol. The molecule has 2 nitrogen and oxygen atoms in total. The summed E-state index contributed by atoms with van der Waals surface area (Å²) in [4.78, 5) is 0. The summed E-state index contributed by atoms with van der Waals surface area (Å²) in [5.74, 6) is 0. The second-order valence-electron chi connectivity index (χ2n) is 5.92. The van der Waals surface area contributed by atoms with E-state index in [1.165, 1.54) is 6.07 Å². The van der Waals surface area contributed by atoms with E-state index in [1.54, 1.807) is 0 Å². The minimum Gasteiger partial charge on any atom is -0.399 e. The van der Waals surface area contributed by atoms with Crippen LogP contribution in [0.15, 0.2) is 16.6 Å². The quantitative estimate of drug-likeness (QED) is 0.667. The van der Waals surface area contributed by atoms with Gasteiger partial charge in [-0.2, -0.15) is 13.2 Å². The van der Waals surface area contributed by atoms with Crippen molar-refractivity contribution in [3.05, 3.63) is 27.2 Å². The summed E-state index contributed by atoms with van der Waals surface area (Å²) in [6, 6.07) is 2.26. The topological polar surface area (TPSA) is 18.5 Å². The molecule has 1 aliphatic heterocycles. The molecule has 1 aliphatic rings. The van der Waals surface area contributed by atoms with Gasteiger partial charge in [0.05, 0.1) is 21.8 Å². The van der Waals surface area contributed by atoms with Crippen LogP contribution < -0.4 is 5.46 Å². The normalized spacial score (nSPS) is 20.9. The molecule has 0 aliphatic carbocycles. The van der Waals surface area contributed by atoms with Gasteiger partial charge in [0.2, 0.25) is 0 Å². The van der Waals surface area contributed by atoms with E-state index in [1.807, 2.05) is 27.7 Å². The van der Waals surface area contributed by atoms with Crippen molar-refractivity contribution in [1.29, 1.82) is 0 Å². The Morgan fingerprint density at radius 1 is 1.10 bits per heavy atom. The molecular weight excluding hydrogens is 371 g/mol. The third-order valence-corrected chi connectivity index (χ3v) is 5.38. The van der Waals surface area contributed by atoms with Crippen LogP contribution in [-0.4, -0.2) is 18.3 Å². The molecule has 0 radical (unpaired) electrons. The third kappa shape index (κ3) is 2.98. The van der Waals surface area contributed by atoms with Gasteiger partial charge in [-0.15, -0.1) is 0 Å². The van der Waals surface area contributed by atoms with Gasteiger partial charge in [-0.1, -0.05) is 17.7 Å². The lowest BCUT2D eigenvalue weighted by Gasteiger charge is -2.32. The van der Waals surface area contributed by atoms with E-state index in [0.717, 1.165) is 6.07 Å². The molecule has 1 aromatic carbocycles. The van der Waals surface area contributed by atoms with Crippen LogP contribution in [0.4, 0.5) is 13.2 Å². The zero-order valence-electron chi connectivity index (χ0n) is 11.9. The molecule has 1 fully saturated rings. The fraction of sp³-hybridized carbons (Fsp3) is 0.538. The average Bonchev–Trinajstić information content (AvgIpc) is 2.50. The zero-order chi connectivity index (χ0) is 16.2. The van der Waals surface area contributed by atoms with Crippen molar-refractivity contribution in [3.8, 4) is 0 Å². The lowest BCUT2D eigenvalue weighted by molar-refractivity contribution is -0.138. The van der Waals surface area contributed by atoms with Crippen molar-refractivity contribution in [1.82, 2.24) is 0 Å². The fourth-order valence-corrected chi connectivity index (χ4v) is 2.78. The first-order chi connectivity index (χ1) is 9.37. The molecule has 2 rings (SSSR count). The highest BCUT2D eigenvalue weighted by Crippen LogP contribution is 2.40. The van der Waals surface area contributed by atoms with Crippen LogP contribution in [0.5, 0.6) is 0 Å². The van der Waals surface area contributed by atoms with Crippen LogP contribution in [0.2, 0.25) is 5.02 Å². The monoisotopic (exact) mass is 384 g/mol. The summed E-state index contributed by atoms with van der Waals surface area (Å²) in [6.45, 7) is 7.44. The van der Waals surface area contributed by atoms with Crippen LogP contribution >= 0.6 is 27.5 Å². The molecule has 1 heterocycles. The molecule has 0 N–H and O–H groups in total. The van der Waals surface area contributed by atoms with Crippen LogP contribution in [0.3, 0.4) is 0 Å². The number of hydrogen-bond donors (Lipinski definition) is 0. The molecule has 0 aromatic heterocycles. The average molecular weight is 385 g/mol. The predicted octanol–water partition coefficient (Wildman–Crippen LogP) is 4.42. The molecule has 1 saturated heterocycles. The number of halogens is 5. The molecule has 116 valence electrons. The van der Waals surface area contributed by atoms with Gasteiger partial charge < -0.3 is 9.31 Å². The van der Waals surface area contributed by atoms with Gasteiger partial charge in [-0.3, -0.25) is 0 Å². The Morgan fingerprint density at radius 3 is 2.00 bits per heavy atom. The third-order valence-electron chi connectivity index (χ3n) is 3.92. The molecule has 0 spiro atoms. The molecule has 0 unspecified atom stereocenters. The van der Waals surface area contributed by atoms with Crippen LogP contribution in [0.25, 0.3) is 0 Å². The van der Waals surface area contributed by atoms with E-state index < -0.39 is 30.1 Å². The molecule has 1 aromatic rings. The summed E-state index contributed by atoms with van der Waals surface area (Å²) in [5.41, 5.74) is -1.63. The van der Waals surface area contributed by atoms with Gasteiger partial charge in [0.15, 0.2) is 0 Å². The van der Waals surface area contributed by atoms with Crippen LogP contribution in [0.1, 0.15) is 33.3 Å².